The summed E-state index contributed by atoms with van der Waals surface area (Å²) in [6, 6.07) is 29.5. The molecule has 0 bridgehead atoms. The Morgan fingerprint density at radius 2 is 1.13 bits per heavy atom. The summed E-state index contributed by atoms with van der Waals surface area (Å²) in [4.78, 5) is 0. The molecule has 208 valence electrons. The molecule has 0 aliphatic rings. The molecule has 0 saturated carbocycles. The summed E-state index contributed by atoms with van der Waals surface area (Å²) in [5, 5.41) is 10.3. The number of aliphatic hydroxyl groups is 1. The van der Waals surface area contributed by atoms with Gasteiger partial charge in [-0.25, -0.2) is 0 Å². The quantitative estimate of drug-likeness (QED) is 0.146. The van der Waals surface area contributed by atoms with Gasteiger partial charge in [-0.1, -0.05) is 91.0 Å². The third-order valence-electron chi connectivity index (χ3n) is 5.22. The van der Waals surface area contributed by atoms with Gasteiger partial charge >= 0.3 is 0 Å². The zero-order chi connectivity index (χ0) is 28.2. The van der Waals surface area contributed by atoms with Gasteiger partial charge in [-0.3, -0.25) is 8.74 Å². The van der Waals surface area contributed by atoms with Gasteiger partial charge in [-0.2, -0.15) is 16.8 Å². The first kappa shape index (κ1) is 31.6. The van der Waals surface area contributed by atoms with Gasteiger partial charge in [0.15, 0.2) is 6.29 Å². The number of aliphatic hydroxyl groups excluding tert-OH is 1. The van der Waals surface area contributed by atoms with Crippen LogP contribution in [0.5, 0.6) is 0 Å². The molecule has 0 aromatic heterocycles. The number of hydrogen-bond donors (Lipinski definition) is 2. The highest BCUT2D eigenvalue weighted by Crippen LogP contribution is 2.40. The molecule has 0 radical (unpaired) electrons. The lowest BCUT2D eigenvalue weighted by Crippen LogP contribution is -2.37. The highest BCUT2D eigenvalue weighted by molar-refractivity contribution is 7.86. The van der Waals surface area contributed by atoms with Gasteiger partial charge in [0, 0.05) is 13.0 Å². The Hall–Kier alpha value is -2.64. The van der Waals surface area contributed by atoms with E-state index < -0.39 is 38.2 Å². The van der Waals surface area contributed by atoms with Gasteiger partial charge in [0.2, 0.25) is 0 Å². The second-order valence-corrected chi connectivity index (χ2v) is 11.4. The minimum Gasteiger partial charge on any atom is -0.366 e. The molecule has 0 amide bonds. The van der Waals surface area contributed by atoms with Crippen LogP contribution in [0, 0.1) is 0 Å². The van der Waals surface area contributed by atoms with Crippen molar-refractivity contribution in [2.45, 2.75) is 31.3 Å². The molecule has 38 heavy (non-hydrogen) atoms. The molecule has 3 rings (SSSR count). The van der Waals surface area contributed by atoms with Gasteiger partial charge in [-0.15, -0.1) is 0 Å². The van der Waals surface area contributed by atoms with Crippen molar-refractivity contribution >= 4 is 20.2 Å². The van der Waals surface area contributed by atoms with Crippen LogP contribution in [0.15, 0.2) is 91.0 Å². The molecule has 9 nitrogen and oxygen atoms in total. The van der Waals surface area contributed by atoms with Crippen molar-refractivity contribution < 1.29 is 40.2 Å². The highest BCUT2D eigenvalue weighted by Gasteiger charge is 2.38. The van der Waals surface area contributed by atoms with Crippen molar-refractivity contribution in [2.75, 3.05) is 25.7 Å². The first-order valence-corrected chi connectivity index (χ1v) is 15.4. The van der Waals surface area contributed by atoms with Gasteiger partial charge in [-0.05, 0) is 23.6 Å². The summed E-state index contributed by atoms with van der Waals surface area (Å²) in [6.07, 6.45) is -0.732. The highest BCUT2D eigenvalue weighted by atomic mass is 32.2. The maximum absolute atomic E-state index is 11.7. The molecule has 0 spiro atoms. The first-order chi connectivity index (χ1) is 17.9. The van der Waals surface area contributed by atoms with Crippen molar-refractivity contribution in [3.8, 4) is 0 Å². The third-order valence-corrected chi connectivity index (χ3v) is 5.81. The Morgan fingerprint density at radius 1 is 0.763 bits per heavy atom. The summed E-state index contributed by atoms with van der Waals surface area (Å²) in [5.41, 5.74) is 1.82. The van der Waals surface area contributed by atoms with Gasteiger partial charge in [0.05, 0.1) is 19.1 Å². The number of rotatable bonds is 12. The fourth-order valence-electron chi connectivity index (χ4n) is 3.84. The summed E-state index contributed by atoms with van der Waals surface area (Å²) < 4.78 is 66.3. The maximum atomic E-state index is 11.7. The van der Waals surface area contributed by atoms with Crippen molar-refractivity contribution in [2.24, 2.45) is 0 Å². The largest absolute Gasteiger partial charge is 0.366 e. The monoisotopic (exact) mass is 566 g/mol. The fourth-order valence-corrected chi connectivity index (χ4v) is 4.48. The van der Waals surface area contributed by atoms with Crippen molar-refractivity contribution in [3.63, 3.8) is 0 Å². The first-order valence-electron chi connectivity index (χ1n) is 11.8. The summed E-state index contributed by atoms with van der Waals surface area (Å²) in [5.74, 6) is 0. The molecule has 0 heterocycles. The lowest BCUT2D eigenvalue weighted by atomic mass is 9.80. The molecule has 0 aliphatic heterocycles. The van der Waals surface area contributed by atoms with E-state index in [1.165, 1.54) is 0 Å². The Bertz CT molecular complexity index is 1190. The zero-order valence-electron chi connectivity index (χ0n) is 21.5. The van der Waals surface area contributed by atoms with Crippen LogP contribution in [-0.4, -0.2) is 64.6 Å². The van der Waals surface area contributed by atoms with Crippen molar-refractivity contribution in [1.29, 1.82) is 0 Å². The number of ether oxygens (including phenoxy) is 2. The Kier molecular flexibility index (Phi) is 12.0. The minimum atomic E-state index is -3.80. The van der Waals surface area contributed by atoms with E-state index in [9.17, 15) is 21.9 Å². The molecule has 3 aromatic carbocycles. The second kappa shape index (κ2) is 14.5. The van der Waals surface area contributed by atoms with Crippen LogP contribution in [0.2, 0.25) is 0 Å². The fraction of sp³-hybridized carbons (Fsp3) is 0.333. The average Bonchev–Trinajstić information content (AvgIpc) is 2.86. The molecular formula is C27H34O9S2. The maximum Gasteiger partial charge on any atom is 0.264 e. The Balaban J connectivity index is 0.000000926. The summed E-state index contributed by atoms with van der Waals surface area (Å²) in [7, 11) is -7.47. The van der Waals surface area contributed by atoms with E-state index >= 15 is 0 Å². The standard InChI is InChI=1S/C26H30O6S.CH4O3S/c1-3-30-25(27)24(32-33(2,28)29)19-20-31-26(21-13-7-4-8-14-21,22-15-9-5-10-16-22)23-17-11-6-12-18-23;1-5(2,3)4/h4-18,24-25,27H,3,19-20H2,1-2H3;1H3,(H,2,3,4). The van der Waals surface area contributed by atoms with E-state index in [0.29, 0.717) is 6.26 Å². The molecule has 0 fully saturated rings. The molecular weight excluding hydrogens is 532 g/mol. The van der Waals surface area contributed by atoms with E-state index in [0.717, 1.165) is 22.9 Å². The minimum absolute atomic E-state index is 0.0997. The van der Waals surface area contributed by atoms with Crippen LogP contribution in [0.3, 0.4) is 0 Å². The number of hydrogen-bond acceptors (Lipinski definition) is 8. The lowest BCUT2D eigenvalue weighted by molar-refractivity contribution is -0.156. The molecule has 2 atom stereocenters. The topological polar surface area (TPSA) is 136 Å². The Morgan fingerprint density at radius 3 is 1.45 bits per heavy atom. The van der Waals surface area contributed by atoms with Crippen LogP contribution >= 0.6 is 0 Å². The van der Waals surface area contributed by atoms with Crippen LogP contribution in [0.1, 0.15) is 30.0 Å². The predicted octanol–water partition coefficient (Wildman–Crippen LogP) is 3.59. The van der Waals surface area contributed by atoms with Crippen LogP contribution < -0.4 is 0 Å². The van der Waals surface area contributed by atoms with E-state index in [1.54, 1.807) is 6.92 Å². The molecule has 0 saturated heterocycles. The van der Waals surface area contributed by atoms with Gasteiger partial charge < -0.3 is 14.6 Å². The van der Waals surface area contributed by atoms with Crippen molar-refractivity contribution in [1.82, 2.24) is 0 Å². The third kappa shape index (κ3) is 10.3. The smallest absolute Gasteiger partial charge is 0.264 e. The van der Waals surface area contributed by atoms with Gasteiger partial charge in [0.25, 0.3) is 20.2 Å². The average molecular weight is 567 g/mol. The van der Waals surface area contributed by atoms with Gasteiger partial charge in [0.1, 0.15) is 11.7 Å². The van der Waals surface area contributed by atoms with E-state index in [1.807, 2.05) is 91.0 Å². The number of benzene rings is 3. The molecule has 11 heteroatoms. The van der Waals surface area contributed by atoms with E-state index in [4.69, 9.17) is 18.2 Å². The SMILES string of the molecule is CCOC(O)C(CCOC(c1ccccc1)(c1ccccc1)c1ccccc1)OS(C)(=O)=O.CS(=O)(=O)O. The molecule has 0 aliphatic carbocycles. The van der Waals surface area contributed by atoms with Crippen LogP contribution in [0.4, 0.5) is 0 Å². The molecule has 2 N–H and O–H groups in total. The lowest BCUT2D eigenvalue weighted by Gasteiger charge is -2.36. The summed E-state index contributed by atoms with van der Waals surface area (Å²) in [6.45, 7) is 2.03. The summed E-state index contributed by atoms with van der Waals surface area (Å²) >= 11 is 0. The molecule has 2 unspecified atom stereocenters. The Labute approximate surface area is 224 Å². The zero-order valence-corrected chi connectivity index (χ0v) is 23.1. The van der Waals surface area contributed by atoms with Crippen molar-refractivity contribution in [3.05, 3.63) is 108 Å². The normalized spacial score (nSPS) is 13.7. The molecule has 3 aromatic rings. The van der Waals surface area contributed by atoms with E-state index in [2.05, 4.69) is 0 Å². The predicted molar refractivity (Wildman–Crippen MR) is 145 cm³/mol. The van der Waals surface area contributed by atoms with Crippen LogP contribution in [0.25, 0.3) is 0 Å². The second-order valence-electron chi connectivity index (χ2n) is 8.33. The van der Waals surface area contributed by atoms with Crippen LogP contribution in [-0.2, 0) is 39.5 Å². The van der Waals surface area contributed by atoms with E-state index in [-0.39, 0.29) is 19.6 Å².